The third kappa shape index (κ3) is 3.37. The summed E-state index contributed by atoms with van der Waals surface area (Å²) in [6, 6.07) is 9.98. The van der Waals surface area contributed by atoms with Gasteiger partial charge in [0.1, 0.15) is 16.9 Å². The first-order valence-electron chi connectivity index (χ1n) is 6.22. The number of carbonyl (C=O) groups excluding carboxylic acids is 1. The summed E-state index contributed by atoms with van der Waals surface area (Å²) in [6.45, 7) is 0. The van der Waals surface area contributed by atoms with Crippen LogP contribution in [0.5, 0.6) is 17.2 Å². The summed E-state index contributed by atoms with van der Waals surface area (Å²) in [7, 11) is -1.17. The van der Waals surface area contributed by atoms with Gasteiger partial charge >= 0.3 is 10.1 Å². The lowest BCUT2D eigenvalue weighted by atomic mass is 10.2. The summed E-state index contributed by atoms with van der Waals surface area (Å²) in [5.74, 6) is 0.692. The molecule has 22 heavy (non-hydrogen) atoms. The van der Waals surface area contributed by atoms with Crippen molar-refractivity contribution < 1.29 is 26.9 Å². The molecule has 0 aliphatic heterocycles. The summed E-state index contributed by atoms with van der Waals surface area (Å²) < 4.78 is 39.6. The molecule has 0 atom stereocenters. The van der Waals surface area contributed by atoms with E-state index in [2.05, 4.69) is 0 Å². The van der Waals surface area contributed by atoms with E-state index in [9.17, 15) is 13.2 Å². The standard InChI is InChI=1S/C15H14O6S/c1-19-12-4-6-13(7-5-12)22(17,18)21-14-8-3-11(10-16)9-15(14)20-2/h3-10H,1-2H3. The monoisotopic (exact) mass is 322 g/mol. The van der Waals surface area contributed by atoms with E-state index >= 15 is 0 Å². The van der Waals surface area contributed by atoms with Crippen molar-refractivity contribution in [1.29, 1.82) is 0 Å². The Kier molecular flexibility index (Phi) is 4.67. The van der Waals surface area contributed by atoms with Crippen LogP contribution in [-0.4, -0.2) is 28.9 Å². The second kappa shape index (κ2) is 6.48. The maximum atomic E-state index is 12.2. The van der Waals surface area contributed by atoms with Gasteiger partial charge in [-0.1, -0.05) is 0 Å². The van der Waals surface area contributed by atoms with Crippen molar-refractivity contribution in [1.82, 2.24) is 0 Å². The molecule has 0 amide bonds. The molecule has 6 nitrogen and oxygen atoms in total. The molecular formula is C15H14O6S. The summed E-state index contributed by atoms with van der Waals surface area (Å²) >= 11 is 0. The lowest BCUT2D eigenvalue weighted by Crippen LogP contribution is -2.10. The molecule has 0 radical (unpaired) electrons. The zero-order chi connectivity index (χ0) is 16.2. The third-order valence-corrected chi connectivity index (χ3v) is 4.12. The summed E-state index contributed by atoms with van der Waals surface area (Å²) in [5, 5.41) is 0. The van der Waals surface area contributed by atoms with Crippen molar-refractivity contribution >= 4 is 16.4 Å². The minimum Gasteiger partial charge on any atom is -0.497 e. The van der Waals surface area contributed by atoms with Crippen LogP contribution in [0.25, 0.3) is 0 Å². The normalized spacial score (nSPS) is 10.8. The highest BCUT2D eigenvalue weighted by atomic mass is 32.2. The Balaban J connectivity index is 2.33. The first-order chi connectivity index (χ1) is 10.5. The topological polar surface area (TPSA) is 78.9 Å². The Labute approximate surface area is 128 Å². The Bertz CT molecular complexity index is 765. The zero-order valence-corrected chi connectivity index (χ0v) is 12.8. The molecule has 0 aliphatic rings. The Morgan fingerprint density at radius 2 is 1.59 bits per heavy atom. The number of methoxy groups -OCH3 is 2. The lowest BCUT2D eigenvalue weighted by molar-refractivity contribution is 0.112. The van der Waals surface area contributed by atoms with Crippen LogP contribution in [0.4, 0.5) is 0 Å². The molecule has 2 aromatic carbocycles. The summed E-state index contributed by atoms with van der Waals surface area (Å²) in [5.41, 5.74) is 0.353. The van der Waals surface area contributed by atoms with Crippen LogP contribution < -0.4 is 13.7 Å². The maximum absolute atomic E-state index is 12.2. The quantitative estimate of drug-likeness (QED) is 0.600. The molecule has 0 aliphatic carbocycles. The van der Waals surface area contributed by atoms with E-state index in [1.165, 1.54) is 56.7 Å². The van der Waals surface area contributed by atoms with Crippen LogP contribution >= 0.6 is 0 Å². The van der Waals surface area contributed by atoms with Gasteiger partial charge in [0.05, 0.1) is 14.2 Å². The molecule has 2 aromatic rings. The van der Waals surface area contributed by atoms with Crippen molar-refractivity contribution in [3.05, 3.63) is 48.0 Å². The molecule has 0 saturated carbocycles. The van der Waals surface area contributed by atoms with Crippen LogP contribution in [0.15, 0.2) is 47.4 Å². The molecule has 116 valence electrons. The molecule has 0 saturated heterocycles. The van der Waals surface area contributed by atoms with Gasteiger partial charge in [0.2, 0.25) is 0 Å². The molecule has 2 rings (SSSR count). The van der Waals surface area contributed by atoms with Crippen molar-refractivity contribution in [2.75, 3.05) is 14.2 Å². The number of ether oxygens (including phenoxy) is 2. The fourth-order valence-electron chi connectivity index (χ4n) is 1.74. The van der Waals surface area contributed by atoms with Crippen molar-refractivity contribution in [3.8, 4) is 17.2 Å². The number of hydrogen-bond donors (Lipinski definition) is 0. The molecular weight excluding hydrogens is 308 g/mol. The van der Waals surface area contributed by atoms with Gasteiger partial charge in [-0.25, -0.2) is 0 Å². The minimum absolute atomic E-state index is 0.00363. The molecule has 7 heteroatoms. The predicted octanol–water partition coefficient (Wildman–Crippen LogP) is 2.28. The Morgan fingerprint density at radius 1 is 0.909 bits per heavy atom. The average molecular weight is 322 g/mol. The lowest BCUT2D eigenvalue weighted by Gasteiger charge is -2.11. The fourth-order valence-corrected chi connectivity index (χ4v) is 2.67. The molecule has 0 heterocycles. The van der Waals surface area contributed by atoms with E-state index in [-0.39, 0.29) is 16.4 Å². The van der Waals surface area contributed by atoms with E-state index in [1.54, 1.807) is 0 Å². The first-order valence-corrected chi connectivity index (χ1v) is 7.63. The third-order valence-electron chi connectivity index (χ3n) is 2.87. The molecule has 0 N–H and O–H groups in total. The molecule has 0 unspecified atom stereocenters. The van der Waals surface area contributed by atoms with Crippen LogP contribution in [-0.2, 0) is 10.1 Å². The zero-order valence-electron chi connectivity index (χ0n) is 12.0. The highest BCUT2D eigenvalue weighted by Gasteiger charge is 2.19. The van der Waals surface area contributed by atoms with E-state index in [1.807, 2.05) is 0 Å². The second-order valence-corrected chi connectivity index (χ2v) is 5.79. The van der Waals surface area contributed by atoms with Crippen molar-refractivity contribution in [3.63, 3.8) is 0 Å². The maximum Gasteiger partial charge on any atom is 0.339 e. The molecule has 0 fully saturated rings. The number of benzene rings is 2. The smallest absolute Gasteiger partial charge is 0.339 e. The van der Waals surface area contributed by atoms with E-state index in [0.29, 0.717) is 17.6 Å². The van der Waals surface area contributed by atoms with Gasteiger partial charge in [0, 0.05) is 5.56 Å². The van der Waals surface area contributed by atoms with Gasteiger partial charge in [-0.3, -0.25) is 4.79 Å². The molecule has 0 bridgehead atoms. The number of carbonyl (C=O) groups is 1. The van der Waals surface area contributed by atoms with Gasteiger partial charge in [-0.05, 0) is 42.5 Å². The van der Waals surface area contributed by atoms with Crippen molar-refractivity contribution in [2.24, 2.45) is 0 Å². The van der Waals surface area contributed by atoms with Gasteiger partial charge < -0.3 is 13.7 Å². The summed E-state index contributed by atoms with van der Waals surface area (Å²) in [6.07, 6.45) is 0.629. The SMILES string of the molecule is COc1ccc(S(=O)(=O)Oc2ccc(C=O)cc2OC)cc1. The average Bonchev–Trinajstić information content (AvgIpc) is 2.55. The summed E-state index contributed by atoms with van der Waals surface area (Å²) in [4.78, 5) is 10.7. The van der Waals surface area contributed by atoms with Crippen LogP contribution in [0.2, 0.25) is 0 Å². The highest BCUT2D eigenvalue weighted by Crippen LogP contribution is 2.30. The van der Waals surface area contributed by atoms with Gasteiger partial charge in [0.15, 0.2) is 11.5 Å². The van der Waals surface area contributed by atoms with E-state index in [0.717, 1.165) is 0 Å². The largest absolute Gasteiger partial charge is 0.497 e. The Hall–Kier alpha value is -2.54. The fraction of sp³-hybridized carbons (Fsp3) is 0.133. The van der Waals surface area contributed by atoms with Gasteiger partial charge in [-0.2, -0.15) is 8.42 Å². The molecule has 0 spiro atoms. The number of rotatable bonds is 6. The second-order valence-electron chi connectivity index (χ2n) is 4.24. The number of hydrogen-bond acceptors (Lipinski definition) is 6. The number of aldehydes is 1. The predicted molar refractivity (Wildman–Crippen MR) is 79.2 cm³/mol. The molecule has 0 aromatic heterocycles. The highest BCUT2D eigenvalue weighted by molar-refractivity contribution is 7.87. The van der Waals surface area contributed by atoms with Crippen LogP contribution in [0, 0.1) is 0 Å². The Morgan fingerprint density at radius 3 is 2.14 bits per heavy atom. The first kappa shape index (κ1) is 15.8. The van der Waals surface area contributed by atoms with E-state index < -0.39 is 10.1 Å². The van der Waals surface area contributed by atoms with Gasteiger partial charge in [-0.15, -0.1) is 0 Å². The van der Waals surface area contributed by atoms with Crippen molar-refractivity contribution in [2.45, 2.75) is 4.90 Å². The van der Waals surface area contributed by atoms with Crippen LogP contribution in [0.1, 0.15) is 10.4 Å². The minimum atomic E-state index is -4.01. The van der Waals surface area contributed by atoms with E-state index in [4.69, 9.17) is 13.7 Å². The van der Waals surface area contributed by atoms with Gasteiger partial charge in [0.25, 0.3) is 0 Å². The van der Waals surface area contributed by atoms with Crippen LogP contribution in [0.3, 0.4) is 0 Å².